The Hall–Kier alpha value is -5.38. The highest BCUT2D eigenvalue weighted by molar-refractivity contribution is 6.32. The predicted molar refractivity (Wildman–Crippen MR) is 223 cm³/mol. The molecule has 322 valence electrons. The molecule has 0 radical (unpaired) electrons. The molecule has 1 N–H and O–H groups in total. The molecule has 5 amide bonds. The number of carbonyl (C=O) groups excluding carboxylic acids is 5. The molecule has 16 heteroatoms. The normalized spacial score (nSPS) is 18.4. The minimum atomic E-state index is -1.02. The zero-order valence-electron chi connectivity index (χ0n) is 34.4. The summed E-state index contributed by atoms with van der Waals surface area (Å²) < 4.78 is 17.5. The standard InChI is InChI=1S/C32H40N6O6.C10H17NO3.CH4/c1-21-18-22(19-26-28(21)35(3)31(41)43-26)20-27(29(39)36-16-14-34(2)15-17-36)44-32(42)37-11-9-24(10-12-37)38-13-8-23-6-4-5-7-25(23)33-30(38)40;1-3-14-10(13)9(12)11-6-4-8(2)5-7-11;/h4-7,18-19,24,27H,8-17,20H2,1-3H3,(H,33,40);8H,3-7H2,1-2H3;1H4/t27-;;/m1../s1. The zero-order chi connectivity index (χ0) is 41.5. The summed E-state index contributed by atoms with van der Waals surface area (Å²) in [5.41, 5.74) is 4.68. The van der Waals surface area contributed by atoms with Crippen LogP contribution in [-0.4, -0.2) is 144 Å². The number of hydrogen-bond donors (Lipinski definition) is 1. The Labute approximate surface area is 346 Å². The lowest BCUT2D eigenvalue weighted by molar-refractivity contribution is -0.160. The number of piperidine rings is 2. The molecule has 0 aliphatic carbocycles. The summed E-state index contributed by atoms with van der Waals surface area (Å²) >= 11 is 0. The number of ether oxygens (including phenoxy) is 2. The first-order chi connectivity index (χ1) is 27.8. The molecule has 59 heavy (non-hydrogen) atoms. The van der Waals surface area contributed by atoms with Crippen LogP contribution < -0.4 is 11.1 Å². The third kappa shape index (κ3) is 10.8. The lowest BCUT2D eigenvalue weighted by atomic mass is 9.99. The predicted octanol–water partition coefficient (Wildman–Crippen LogP) is 4.26. The molecule has 4 aliphatic heterocycles. The Balaban J connectivity index is 0.000000376. The number of carbonyl (C=O) groups is 5. The van der Waals surface area contributed by atoms with Crippen LogP contribution in [0.25, 0.3) is 11.1 Å². The van der Waals surface area contributed by atoms with Crippen molar-refractivity contribution >= 4 is 46.7 Å². The van der Waals surface area contributed by atoms with Crippen LogP contribution in [0, 0.1) is 12.8 Å². The number of esters is 1. The van der Waals surface area contributed by atoms with Gasteiger partial charge in [-0.05, 0) is 87.7 Å². The van der Waals surface area contributed by atoms with E-state index in [0.29, 0.717) is 75.7 Å². The fraction of sp³-hybridized carbons (Fsp3) is 0.581. The fourth-order valence-corrected chi connectivity index (χ4v) is 8.15. The highest BCUT2D eigenvalue weighted by Crippen LogP contribution is 2.26. The van der Waals surface area contributed by atoms with E-state index in [1.165, 1.54) is 4.57 Å². The number of nitrogens with one attached hydrogen (secondary N) is 1. The molecule has 2 aromatic carbocycles. The average Bonchev–Trinajstić information content (AvgIpc) is 3.39. The summed E-state index contributed by atoms with van der Waals surface area (Å²) in [5.74, 6) is -1.24. The van der Waals surface area contributed by atoms with E-state index in [9.17, 15) is 28.8 Å². The maximum atomic E-state index is 13.7. The maximum Gasteiger partial charge on any atom is 0.419 e. The number of urea groups is 1. The van der Waals surface area contributed by atoms with Crippen molar-refractivity contribution in [3.63, 3.8) is 0 Å². The minimum absolute atomic E-state index is 0. The number of likely N-dealkylation sites (tertiary alicyclic amines) is 2. The molecule has 1 aromatic heterocycles. The number of hydrogen-bond acceptors (Lipinski definition) is 10. The van der Waals surface area contributed by atoms with Crippen molar-refractivity contribution in [2.45, 2.75) is 78.9 Å². The molecule has 0 unspecified atom stereocenters. The molecule has 3 saturated heterocycles. The van der Waals surface area contributed by atoms with Crippen molar-refractivity contribution in [1.82, 2.24) is 29.1 Å². The van der Waals surface area contributed by atoms with Crippen molar-refractivity contribution in [3.05, 3.63) is 63.6 Å². The van der Waals surface area contributed by atoms with E-state index in [4.69, 9.17) is 9.15 Å². The van der Waals surface area contributed by atoms with Gasteiger partial charge in [-0.25, -0.2) is 19.2 Å². The average molecular weight is 820 g/mol. The van der Waals surface area contributed by atoms with Gasteiger partial charge in [-0.2, -0.15) is 0 Å². The van der Waals surface area contributed by atoms with Crippen LogP contribution in [0.15, 0.2) is 45.6 Å². The number of aromatic nitrogens is 1. The van der Waals surface area contributed by atoms with E-state index in [0.717, 1.165) is 54.7 Å². The second-order valence-electron chi connectivity index (χ2n) is 15.8. The number of rotatable bonds is 6. The number of benzene rings is 2. The van der Waals surface area contributed by atoms with Crippen LogP contribution in [0.3, 0.4) is 0 Å². The Morgan fingerprint density at radius 3 is 2.20 bits per heavy atom. The van der Waals surface area contributed by atoms with E-state index in [1.807, 2.05) is 49.2 Å². The van der Waals surface area contributed by atoms with Gasteiger partial charge in [0.05, 0.1) is 12.1 Å². The second-order valence-corrected chi connectivity index (χ2v) is 15.8. The molecule has 1 atom stereocenters. The van der Waals surface area contributed by atoms with Gasteiger partial charge in [0.25, 0.3) is 5.91 Å². The van der Waals surface area contributed by atoms with Gasteiger partial charge in [-0.1, -0.05) is 38.6 Å². The second kappa shape index (κ2) is 20.1. The van der Waals surface area contributed by atoms with Gasteiger partial charge in [-0.3, -0.25) is 14.2 Å². The Morgan fingerprint density at radius 2 is 1.53 bits per heavy atom. The molecule has 3 aromatic rings. The lowest BCUT2D eigenvalue weighted by Gasteiger charge is -2.38. The van der Waals surface area contributed by atoms with Crippen molar-refractivity contribution in [2.24, 2.45) is 13.0 Å². The summed E-state index contributed by atoms with van der Waals surface area (Å²) in [6.07, 6.45) is 2.58. The summed E-state index contributed by atoms with van der Waals surface area (Å²) in [4.78, 5) is 83.9. The third-order valence-corrected chi connectivity index (χ3v) is 11.7. The molecule has 16 nitrogen and oxygen atoms in total. The fourth-order valence-electron chi connectivity index (χ4n) is 8.15. The van der Waals surface area contributed by atoms with Crippen LogP contribution in [0.1, 0.15) is 63.6 Å². The molecular formula is C43H61N7O9. The van der Waals surface area contributed by atoms with Gasteiger partial charge >= 0.3 is 29.8 Å². The van der Waals surface area contributed by atoms with Gasteiger partial charge in [0, 0.05) is 84.1 Å². The molecule has 5 heterocycles. The smallest absolute Gasteiger partial charge is 0.419 e. The highest BCUT2D eigenvalue weighted by atomic mass is 16.6. The van der Waals surface area contributed by atoms with Crippen LogP contribution >= 0.6 is 0 Å². The Kier molecular flexibility index (Phi) is 15.2. The summed E-state index contributed by atoms with van der Waals surface area (Å²) in [7, 11) is 3.67. The van der Waals surface area contributed by atoms with Crippen LogP contribution in [-0.2, 0) is 43.7 Å². The SMILES string of the molecule is C.CCOC(=O)C(=O)N1CCC(C)CC1.Cc1cc(C[C@@H](OC(=O)N2CCC(N3CCc4ccccc4NC3=O)CC2)C(=O)N2CCN(C)CC2)cc2oc(=O)n(C)c12. The maximum absolute atomic E-state index is 13.7. The van der Waals surface area contributed by atoms with Gasteiger partial charge in [0.1, 0.15) is 0 Å². The molecule has 0 bridgehead atoms. The van der Waals surface area contributed by atoms with Crippen molar-refractivity contribution in [1.29, 1.82) is 0 Å². The monoisotopic (exact) mass is 819 g/mol. The van der Waals surface area contributed by atoms with E-state index >= 15 is 0 Å². The third-order valence-electron chi connectivity index (χ3n) is 11.7. The molecule has 3 fully saturated rings. The lowest BCUT2D eigenvalue weighted by Crippen LogP contribution is -2.53. The molecule has 0 saturated carbocycles. The van der Waals surface area contributed by atoms with Crippen LogP contribution in [0.4, 0.5) is 15.3 Å². The van der Waals surface area contributed by atoms with E-state index in [1.54, 1.807) is 34.7 Å². The van der Waals surface area contributed by atoms with Crippen LogP contribution in [0.2, 0.25) is 0 Å². The first-order valence-corrected chi connectivity index (χ1v) is 20.5. The van der Waals surface area contributed by atoms with Crippen molar-refractivity contribution in [3.8, 4) is 0 Å². The molecule has 7 rings (SSSR count). The minimum Gasteiger partial charge on any atom is -0.459 e. The number of amides is 5. The van der Waals surface area contributed by atoms with E-state index < -0.39 is 29.8 Å². The molecule has 4 aliphatic rings. The number of fused-ring (bicyclic) bond motifs is 2. The zero-order valence-corrected chi connectivity index (χ0v) is 34.4. The van der Waals surface area contributed by atoms with Crippen molar-refractivity contribution < 1.29 is 37.9 Å². The largest absolute Gasteiger partial charge is 0.459 e. The Bertz CT molecular complexity index is 2020. The van der Waals surface area contributed by atoms with Gasteiger partial charge < -0.3 is 43.7 Å². The van der Waals surface area contributed by atoms with E-state index in [2.05, 4.69) is 21.9 Å². The number of piperazine rings is 1. The van der Waals surface area contributed by atoms with Crippen molar-refractivity contribution in [2.75, 3.05) is 77.9 Å². The number of nitrogens with zero attached hydrogens (tertiary/aromatic N) is 6. The quantitative estimate of drug-likeness (QED) is 0.281. The number of aryl methyl sites for hydroxylation is 2. The number of likely N-dealkylation sites (N-methyl/N-ethyl adjacent to an activating group) is 1. The topological polar surface area (TPSA) is 167 Å². The van der Waals surface area contributed by atoms with Gasteiger partial charge in [0.2, 0.25) is 0 Å². The summed E-state index contributed by atoms with van der Waals surface area (Å²) in [6, 6.07) is 11.4. The number of oxazole rings is 1. The number of anilines is 1. The van der Waals surface area contributed by atoms with E-state index in [-0.39, 0.29) is 38.4 Å². The first-order valence-electron chi connectivity index (χ1n) is 20.5. The molecular weight excluding hydrogens is 759 g/mol. The van der Waals surface area contributed by atoms with Gasteiger partial charge in [0.15, 0.2) is 11.7 Å². The summed E-state index contributed by atoms with van der Waals surface area (Å²) in [5, 5.41) is 3.03. The van der Waals surface area contributed by atoms with Crippen LogP contribution in [0.5, 0.6) is 0 Å². The number of para-hydroxylation sites is 1. The van der Waals surface area contributed by atoms with Gasteiger partial charge in [-0.15, -0.1) is 0 Å². The first kappa shape index (κ1) is 44.7. The Morgan fingerprint density at radius 1 is 0.864 bits per heavy atom. The highest BCUT2D eigenvalue weighted by Gasteiger charge is 2.35. The molecule has 0 spiro atoms. The summed E-state index contributed by atoms with van der Waals surface area (Å²) in [6.45, 7) is 11.4.